The molecule has 0 N–H and O–H groups in total. The monoisotopic (exact) mass is 284 g/mol. The fourth-order valence-electron chi connectivity index (χ4n) is 2.23. The lowest BCUT2D eigenvalue weighted by Gasteiger charge is -2.25. The Morgan fingerprint density at radius 3 is 1.95 bits per heavy atom. The average molecular weight is 284 g/mol. The zero-order valence-corrected chi connectivity index (χ0v) is 14.5. The zero-order valence-electron chi connectivity index (χ0n) is 14.5. The van der Waals surface area contributed by atoms with E-state index in [1.165, 1.54) is 32.1 Å². The molecule has 20 heavy (non-hydrogen) atoms. The molecule has 0 aliphatic heterocycles. The number of hydrogen-bond acceptors (Lipinski definition) is 2. The van der Waals surface area contributed by atoms with E-state index in [0.717, 1.165) is 6.42 Å². The van der Waals surface area contributed by atoms with Gasteiger partial charge in [0.2, 0.25) is 0 Å². The molecule has 0 rings (SSSR count). The lowest BCUT2D eigenvalue weighted by molar-refractivity contribution is -0.0824. The maximum Gasteiger partial charge on any atom is 0.102 e. The van der Waals surface area contributed by atoms with Crippen LogP contribution in [0.15, 0.2) is 12.2 Å². The molecule has 0 spiro atoms. The summed E-state index contributed by atoms with van der Waals surface area (Å²) in [5, 5.41) is 0. The van der Waals surface area contributed by atoms with Crippen LogP contribution in [-0.2, 0) is 9.47 Å². The van der Waals surface area contributed by atoms with Crippen LogP contribution in [0.2, 0.25) is 0 Å². The van der Waals surface area contributed by atoms with Gasteiger partial charge in [-0.2, -0.15) is 0 Å². The number of hydrogen-bond donors (Lipinski definition) is 0. The van der Waals surface area contributed by atoms with Gasteiger partial charge in [-0.25, -0.2) is 0 Å². The van der Waals surface area contributed by atoms with Crippen LogP contribution < -0.4 is 0 Å². The standard InChI is InChI=1S/C18H36O2/c1-7-8-9-10-11-12-13-14-18(20-16(4)5)17(6)19-15(2)3/h13-18H,7-12H2,1-6H3. The van der Waals surface area contributed by atoms with Crippen LogP contribution in [0.1, 0.15) is 80.1 Å². The summed E-state index contributed by atoms with van der Waals surface area (Å²) < 4.78 is 11.8. The zero-order chi connectivity index (χ0) is 15.4. The minimum atomic E-state index is 0.0630. The molecule has 2 unspecified atom stereocenters. The Hall–Kier alpha value is -0.340. The fourth-order valence-corrected chi connectivity index (χ4v) is 2.23. The minimum absolute atomic E-state index is 0.0630. The summed E-state index contributed by atoms with van der Waals surface area (Å²) in [6.45, 7) is 12.6. The van der Waals surface area contributed by atoms with Crippen molar-refractivity contribution in [2.24, 2.45) is 0 Å². The molecule has 0 radical (unpaired) electrons. The van der Waals surface area contributed by atoms with Gasteiger partial charge in [0, 0.05) is 0 Å². The second-order valence-electron chi connectivity index (χ2n) is 6.17. The quantitative estimate of drug-likeness (QED) is 0.347. The van der Waals surface area contributed by atoms with Gasteiger partial charge < -0.3 is 9.47 Å². The topological polar surface area (TPSA) is 18.5 Å². The van der Waals surface area contributed by atoms with E-state index in [2.05, 4.69) is 53.7 Å². The molecule has 2 heteroatoms. The third-order valence-corrected chi connectivity index (χ3v) is 3.18. The highest BCUT2D eigenvalue weighted by Crippen LogP contribution is 2.12. The molecule has 2 nitrogen and oxygen atoms in total. The van der Waals surface area contributed by atoms with E-state index in [1.54, 1.807) is 0 Å². The highest BCUT2D eigenvalue weighted by Gasteiger charge is 2.18. The van der Waals surface area contributed by atoms with E-state index in [1.807, 2.05) is 0 Å². The van der Waals surface area contributed by atoms with Crippen LogP contribution in [0, 0.1) is 0 Å². The van der Waals surface area contributed by atoms with E-state index >= 15 is 0 Å². The van der Waals surface area contributed by atoms with Crippen LogP contribution in [0.4, 0.5) is 0 Å². The van der Waals surface area contributed by atoms with Crippen LogP contribution in [0.25, 0.3) is 0 Å². The molecule has 2 atom stereocenters. The van der Waals surface area contributed by atoms with E-state index in [9.17, 15) is 0 Å². The number of allylic oxidation sites excluding steroid dienone is 1. The van der Waals surface area contributed by atoms with Crippen LogP contribution in [0.3, 0.4) is 0 Å². The van der Waals surface area contributed by atoms with Crippen molar-refractivity contribution in [3.8, 4) is 0 Å². The van der Waals surface area contributed by atoms with Crippen molar-refractivity contribution < 1.29 is 9.47 Å². The lowest BCUT2D eigenvalue weighted by atomic mass is 10.1. The summed E-state index contributed by atoms with van der Waals surface area (Å²) in [4.78, 5) is 0. The Kier molecular flexibility index (Phi) is 12.2. The first kappa shape index (κ1) is 19.7. The summed E-state index contributed by atoms with van der Waals surface area (Å²) in [6.07, 6.45) is 12.9. The molecular formula is C18H36O2. The number of rotatable bonds is 12. The van der Waals surface area contributed by atoms with E-state index in [0.29, 0.717) is 0 Å². The molecule has 0 aromatic carbocycles. The third-order valence-electron chi connectivity index (χ3n) is 3.18. The van der Waals surface area contributed by atoms with Crippen LogP contribution >= 0.6 is 0 Å². The Balaban J connectivity index is 4.07. The van der Waals surface area contributed by atoms with Gasteiger partial charge in [0.1, 0.15) is 6.10 Å². The molecule has 0 bridgehead atoms. The molecule has 0 aliphatic carbocycles. The maximum atomic E-state index is 5.95. The summed E-state index contributed by atoms with van der Waals surface area (Å²) >= 11 is 0. The van der Waals surface area contributed by atoms with E-state index in [4.69, 9.17) is 9.47 Å². The van der Waals surface area contributed by atoms with E-state index < -0.39 is 0 Å². The Morgan fingerprint density at radius 2 is 1.40 bits per heavy atom. The average Bonchev–Trinajstić information content (AvgIpc) is 2.35. The molecular weight excluding hydrogens is 248 g/mol. The van der Waals surface area contributed by atoms with Crippen molar-refractivity contribution in [1.82, 2.24) is 0 Å². The molecule has 0 aromatic heterocycles. The maximum absolute atomic E-state index is 5.95. The Labute approximate surface area is 126 Å². The molecule has 0 aromatic rings. The van der Waals surface area contributed by atoms with Gasteiger partial charge in [-0.05, 0) is 47.5 Å². The van der Waals surface area contributed by atoms with Crippen molar-refractivity contribution in [3.63, 3.8) is 0 Å². The van der Waals surface area contributed by atoms with Crippen molar-refractivity contribution in [2.45, 2.75) is 104 Å². The summed E-state index contributed by atoms with van der Waals surface area (Å²) in [6, 6.07) is 0. The highest BCUT2D eigenvalue weighted by molar-refractivity contribution is 4.93. The van der Waals surface area contributed by atoms with Gasteiger partial charge in [0.05, 0.1) is 18.3 Å². The fraction of sp³-hybridized carbons (Fsp3) is 0.889. The largest absolute Gasteiger partial charge is 0.373 e. The molecule has 0 fully saturated rings. The second kappa shape index (κ2) is 12.4. The summed E-state index contributed by atoms with van der Waals surface area (Å²) in [7, 11) is 0. The van der Waals surface area contributed by atoms with Crippen molar-refractivity contribution in [1.29, 1.82) is 0 Å². The molecule has 0 heterocycles. The van der Waals surface area contributed by atoms with Crippen molar-refractivity contribution >= 4 is 0 Å². The normalized spacial score (nSPS) is 15.4. The second-order valence-corrected chi connectivity index (χ2v) is 6.17. The molecule has 0 aliphatic rings. The molecule has 0 amide bonds. The van der Waals surface area contributed by atoms with Gasteiger partial charge in [-0.1, -0.05) is 44.8 Å². The van der Waals surface area contributed by atoms with Gasteiger partial charge >= 0.3 is 0 Å². The molecule has 0 saturated heterocycles. The van der Waals surface area contributed by atoms with Gasteiger partial charge in [0.15, 0.2) is 0 Å². The smallest absolute Gasteiger partial charge is 0.102 e. The summed E-state index contributed by atoms with van der Waals surface area (Å²) in [5.41, 5.74) is 0. The lowest BCUT2D eigenvalue weighted by Crippen LogP contribution is -2.31. The predicted molar refractivity (Wildman–Crippen MR) is 88.2 cm³/mol. The van der Waals surface area contributed by atoms with E-state index in [-0.39, 0.29) is 24.4 Å². The van der Waals surface area contributed by atoms with Crippen LogP contribution in [-0.4, -0.2) is 24.4 Å². The Bertz CT molecular complexity index is 234. The van der Waals surface area contributed by atoms with Gasteiger partial charge in [-0.15, -0.1) is 0 Å². The van der Waals surface area contributed by atoms with Gasteiger partial charge in [0.25, 0.3) is 0 Å². The molecule has 0 saturated carbocycles. The highest BCUT2D eigenvalue weighted by atomic mass is 16.5. The Morgan fingerprint density at radius 1 is 0.800 bits per heavy atom. The SMILES string of the molecule is CCCCCCCC=CC(OC(C)C)C(C)OC(C)C. The summed E-state index contributed by atoms with van der Waals surface area (Å²) in [5.74, 6) is 0. The first-order valence-corrected chi connectivity index (χ1v) is 8.44. The minimum Gasteiger partial charge on any atom is -0.373 e. The first-order chi connectivity index (χ1) is 9.47. The number of ether oxygens (including phenoxy) is 2. The van der Waals surface area contributed by atoms with Gasteiger partial charge in [-0.3, -0.25) is 0 Å². The van der Waals surface area contributed by atoms with Crippen molar-refractivity contribution in [2.75, 3.05) is 0 Å². The predicted octanol–water partition coefficient (Wildman–Crippen LogP) is 5.51. The molecule has 120 valence electrons. The van der Waals surface area contributed by atoms with Crippen molar-refractivity contribution in [3.05, 3.63) is 12.2 Å². The number of unbranched alkanes of at least 4 members (excludes halogenated alkanes) is 5. The van der Waals surface area contributed by atoms with Crippen LogP contribution in [0.5, 0.6) is 0 Å². The third kappa shape index (κ3) is 11.5. The first-order valence-electron chi connectivity index (χ1n) is 8.44.